The van der Waals surface area contributed by atoms with Crippen LogP contribution in [0.5, 0.6) is 0 Å². The van der Waals surface area contributed by atoms with Crippen LogP contribution in [0.2, 0.25) is 0 Å². The van der Waals surface area contributed by atoms with Gasteiger partial charge in [0, 0.05) is 23.4 Å². The predicted octanol–water partition coefficient (Wildman–Crippen LogP) is 2.12. The lowest BCUT2D eigenvalue weighted by Gasteiger charge is -2.09. The summed E-state index contributed by atoms with van der Waals surface area (Å²) in [6.07, 6.45) is 0. The molecule has 2 N–H and O–H groups in total. The lowest BCUT2D eigenvalue weighted by atomic mass is 10.1. The summed E-state index contributed by atoms with van der Waals surface area (Å²) in [5.74, 6) is -1.99. The third kappa shape index (κ3) is 5.90. The van der Waals surface area contributed by atoms with E-state index in [1.54, 1.807) is 12.1 Å². The van der Waals surface area contributed by atoms with Crippen LogP contribution in [0.15, 0.2) is 42.5 Å². The number of benzene rings is 2. The fraction of sp³-hybridized carbons (Fsp3) is 0.211. The van der Waals surface area contributed by atoms with Gasteiger partial charge in [-0.15, -0.1) is 0 Å². The zero-order chi connectivity index (χ0) is 20.7. The molecule has 0 saturated heterocycles. The van der Waals surface area contributed by atoms with E-state index in [2.05, 4.69) is 10.6 Å². The molecule has 0 spiro atoms. The second-order valence-corrected chi connectivity index (χ2v) is 6.00. The van der Waals surface area contributed by atoms with Crippen molar-refractivity contribution in [3.8, 4) is 0 Å². The molecule has 146 valence electrons. The second kappa shape index (κ2) is 9.26. The molecule has 0 aliphatic rings. The molecule has 0 aliphatic carbocycles. The number of carbonyl (C=O) groups excluding carboxylic acids is 3. The number of rotatable bonds is 7. The topological polar surface area (TPSA) is 128 Å². The van der Waals surface area contributed by atoms with Gasteiger partial charge in [-0.3, -0.25) is 24.5 Å². The highest BCUT2D eigenvalue weighted by Gasteiger charge is 2.14. The highest BCUT2D eigenvalue weighted by atomic mass is 16.6. The fourth-order valence-electron chi connectivity index (χ4n) is 2.23. The van der Waals surface area contributed by atoms with E-state index < -0.39 is 35.9 Å². The molecular formula is C19H19N3O6. The van der Waals surface area contributed by atoms with Gasteiger partial charge in [-0.2, -0.15) is 0 Å². The van der Waals surface area contributed by atoms with Crippen molar-refractivity contribution in [2.24, 2.45) is 0 Å². The summed E-state index contributed by atoms with van der Waals surface area (Å²) in [5.41, 5.74) is 2.48. The molecular weight excluding hydrogens is 366 g/mol. The normalized spacial score (nSPS) is 10.1. The van der Waals surface area contributed by atoms with Crippen molar-refractivity contribution in [1.82, 2.24) is 5.32 Å². The summed E-state index contributed by atoms with van der Waals surface area (Å²) in [4.78, 5) is 45.6. The standard InChI is InChI=1S/C19H19N3O6/c1-12-6-7-15(8-13(12)2)21-17(23)11-28-18(24)10-20-19(25)14-4-3-5-16(9-14)22(26)27/h3-9H,10-11H2,1-2H3,(H,20,25)(H,21,23). The predicted molar refractivity (Wildman–Crippen MR) is 101 cm³/mol. The van der Waals surface area contributed by atoms with Gasteiger partial charge in [-0.25, -0.2) is 0 Å². The number of carbonyl (C=O) groups is 3. The number of ether oxygens (including phenoxy) is 1. The van der Waals surface area contributed by atoms with Crippen LogP contribution in [0.4, 0.5) is 11.4 Å². The Bertz CT molecular complexity index is 926. The van der Waals surface area contributed by atoms with Gasteiger partial charge in [-0.05, 0) is 43.2 Å². The van der Waals surface area contributed by atoms with Crippen LogP contribution < -0.4 is 10.6 Å². The molecule has 0 bridgehead atoms. The minimum atomic E-state index is -0.811. The van der Waals surface area contributed by atoms with Crippen molar-refractivity contribution in [1.29, 1.82) is 0 Å². The molecule has 0 saturated carbocycles. The highest BCUT2D eigenvalue weighted by molar-refractivity contribution is 5.97. The number of hydrogen-bond donors (Lipinski definition) is 2. The monoisotopic (exact) mass is 385 g/mol. The van der Waals surface area contributed by atoms with Gasteiger partial charge in [0.25, 0.3) is 17.5 Å². The van der Waals surface area contributed by atoms with Gasteiger partial charge in [0.2, 0.25) is 0 Å². The summed E-state index contributed by atoms with van der Waals surface area (Å²) >= 11 is 0. The number of anilines is 1. The average molecular weight is 385 g/mol. The van der Waals surface area contributed by atoms with E-state index in [1.807, 2.05) is 19.9 Å². The van der Waals surface area contributed by atoms with Gasteiger partial charge >= 0.3 is 5.97 Å². The molecule has 2 aromatic rings. The quantitative estimate of drug-likeness (QED) is 0.427. The van der Waals surface area contributed by atoms with Crippen LogP contribution in [0.3, 0.4) is 0 Å². The molecule has 2 amide bonds. The molecule has 0 heterocycles. The summed E-state index contributed by atoms with van der Waals surface area (Å²) in [5, 5.41) is 15.6. The number of hydrogen-bond acceptors (Lipinski definition) is 6. The maximum absolute atomic E-state index is 11.9. The number of nitrogens with one attached hydrogen (secondary N) is 2. The molecule has 9 heteroatoms. The molecule has 2 aromatic carbocycles. The van der Waals surface area contributed by atoms with Crippen LogP contribution in [-0.4, -0.2) is 35.9 Å². The van der Waals surface area contributed by atoms with Gasteiger partial charge < -0.3 is 15.4 Å². The number of aryl methyl sites for hydroxylation is 2. The molecule has 0 unspecified atom stereocenters. The minimum absolute atomic E-state index is 0.0366. The third-order valence-electron chi connectivity index (χ3n) is 3.87. The van der Waals surface area contributed by atoms with E-state index in [9.17, 15) is 24.5 Å². The first kappa shape index (κ1) is 20.6. The molecule has 0 aromatic heterocycles. The largest absolute Gasteiger partial charge is 0.454 e. The van der Waals surface area contributed by atoms with Crippen LogP contribution in [0.1, 0.15) is 21.5 Å². The van der Waals surface area contributed by atoms with E-state index in [0.717, 1.165) is 17.2 Å². The Morgan fingerprint density at radius 2 is 1.82 bits per heavy atom. The zero-order valence-electron chi connectivity index (χ0n) is 15.4. The van der Waals surface area contributed by atoms with Crippen molar-refractivity contribution in [3.05, 3.63) is 69.3 Å². The highest BCUT2D eigenvalue weighted by Crippen LogP contribution is 2.14. The van der Waals surface area contributed by atoms with Crippen LogP contribution >= 0.6 is 0 Å². The van der Waals surface area contributed by atoms with E-state index in [-0.39, 0.29) is 11.3 Å². The van der Waals surface area contributed by atoms with Crippen LogP contribution in [0.25, 0.3) is 0 Å². The van der Waals surface area contributed by atoms with Gasteiger partial charge in [0.05, 0.1) is 4.92 Å². The Hall–Kier alpha value is -3.75. The maximum atomic E-state index is 11.9. The Morgan fingerprint density at radius 3 is 2.50 bits per heavy atom. The second-order valence-electron chi connectivity index (χ2n) is 6.00. The SMILES string of the molecule is Cc1ccc(NC(=O)COC(=O)CNC(=O)c2cccc([N+](=O)[O-])c2)cc1C. The van der Waals surface area contributed by atoms with E-state index in [0.29, 0.717) is 5.69 Å². The number of nitro benzene ring substituents is 1. The molecule has 0 radical (unpaired) electrons. The van der Waals surface area contributed by atoms with Crippen molar-refractivity contribution in [2.75, 3.05) is 18.5 Å². The van der Waals surface area contributed by atoms with E-state index in [1.165, 1.54) is 18.2 Å². The number of non-ortho nitro benzene ring substituents is 1. The first-order valence-electron chi connectivity index (χ1n) is 8.31. The molecule has 0 atom stereocenters. The molecule has 0 aliphatic heterocycles. The summed E-state index contributed by atoms with van der Waals surface area (Å²) in [6, 6.07) is 10.5. The average Bonchev–Trinajstić information content (AvgIpc) is 2.67. The zero-order valence-corrected chi connectivity index (χ0v) is 15.4. The third-order valence-corrected chi connectivity index (χ3v) is 3.87. The number of nitrogens with zero attached hydrogens (tertiary/aromatic N) is 1. The Morgan fingerprint density at radius 1 is 1.07 bits per heavy atom. The van der Waals surface area contributed by atoms with Crippen molar-refractivity contribution < 1.29 is 24.0 Å². The Balaban J connectivity index is 1.78. The number of nitro groups is 1. The molecule has 0 fully saturated rings. The first-order chi connectivity index (χ1) is 13.3. The minimum Gasteiger partial charge on any atom is -0.454 e. The van der Waals surface area contributed by atoms with Crippen molar-refractivity contribution in [2.45, 2.75) is 13.8 Å². The fourth-order valence-corrected chi connectivity index (χ4v) is 2.23. The molecule has 28 heavy (non-hydrogen) atoms. The van der Waals surface area contributed by atoms with Crippen molar-refractivity contribution >= 4 is 29.2 Å². The number of esters is 1. The number of amides is 2. The lowest BCUT2D eigenvalue weighted by molar-refractivity contribution is -0.384. The summed E-state index contributed by atoms with van der Waals surface area (Å²) < 4.78 is 4.80. The smallest absolute Gasteiger partial charge is 0.325 e. The van der Waals surface area contributed by atoms with Gasteiger partial charge in [-0.1, -0.05) is 12.1 Å². The van der Waals surface area contributed by atoms with Gasteiger partial charge in [0.15, 0.2) is 6.61 Å². The maximum Gasteiger partial charge on any atom is 0.325 e. The molecule has 2 rings (SSSR count). The summed E-state index contributed by atoms with van der Waals surface area (Å²) in [6.45, 7) is 2.89. The van der Waals surface area contributed by atoms with Crippen LogP contribution in [0, 0.1) is 24.0 Å². The van der Waals surface area contributed by atoms with E-state index in [4.69, 9.17) is 4.74 Å². The Kier molecular flexibility index (Phi) is 6.80. The summed E-state index contributed by atoms with van der Waals surface area (Å²) in [7, 11) is 0. The Labute approximate surface area is 160 Å². The van der Waals surface area contributed by atoms with Crippen LogP contribution in [-0.2, 0) is 14.3 Å². The van der Waals surface area contributed by atoms with Gasteiger partial charge in [0.1, 0.15) is 6.54 Å². The lowest BCUT2D eigenvalue weighted by Crippen LogP contribution is -2.32. The van der Waals surface area contributed by atoms with Crippen molar-refractivity contribution in [3.63, 3.8) is 0 Å². The molecule has 9 nitrogen and oxygen atoms in total. The first-order valence-corrected chi connectivity index (χ1v) is 8.31. The van der Waals surface area contributed by atoms with E-state index >= 15 is 0 Å².